The second kappa shape index (κ2) is 8.21. The van der Waals surface area contributed by atoms with Crippen LogP contribution in [0, 0.1) is 0 Å². The molecule has 0 aromatic heterocycles. The topological polar surface area (TPSA) is 55.8 Å². The molecule has 17 heavy (non-hydrogen) atoms. The Morgan fingerprint density at radius 1 is 1.35 bits per heavy atom. The first-order chi connectivity index (χ1) is 8.04. The molecule has 94 valence electrons. The molecular weight excluding hydrogens is 220 g/mol. The van der Waals surface area contributed by atoms with Crippen LogP contribution in [0.3, 0.4) is 0 Å². The van der Waals surface area contributed by atoms with E-state index in [9.17, 15) is 0 Å². The van der Waals surface area contributed by atoms with Gasteiger partial charge in [-0.05, 0) is 24.1 Å². The summed E-state index contributed by atoms with van der Waals surface area (Å²) in [5.41, 5.74) is 1.17. The Morgan fingerprint density at radius 3 is 2.29 bits per heavy atom. The molecule has 1 N–H and O–H groups in total. The van der Waals surface area contributed by atoms with Crippen LogP contribution in [0.2, 0.25) is 0 Å². The van der Waals surface area contributed by atoms with E-state index in [1.54, 1.807) is 14.2 Å². The standard InChI is InChI=1S/C11H14O2.C2H4O2/c1-4-5-9-6-7-10(12-2)11(8-9)13-3;1-2(3)4/h4,6-8H,1,5H2,2-3H3;1H3,(H,3,4). The van der Waals surface area contributed by atoms with Crippen LogP contribution in [0.25, 0.3) is 0 Å². The van der Waals surface area contributed by atoms with Gasteiger partial charge in [0.25, 0.3) is 5.97 Å². The van der Waals surface area contributed by atoms with Gasteiger partial charge in [-0.25, -0.2) is 0 Å². The zero-order valence-corrected chi connectivity index (χ0v) is 10.4. The predicted octanol–water partition coefficient (Wildman–Crippen LogP) is 2.52. The monoisotopic (exact) mass is 238 g/mol. The lowest BCUT2D eigenvalue weighted by Crippen LogP contribution is -1.91. The number of benzene rings is 1. The van der Waals surface area contributed by atoms with Crippen molar-refractivity contribution in [3.05, 3.63) is 36.4 Å². The van der Waals surface area contributed by atoms with Gasteiger partial charge in [0.1, 0.15) is 0 Å². The zero-order valence-electron chi connectivity index (χ0n) is 10.4. The van der Waals surface area contributed by atoms with Crippen molar-refractivity contribution in [1.29, 1.82) is 0 Å². The Morgan fingerprint density at radius 2 is 1.88 bits per heavy atom. The maximum atomic E-state index is 9.00. The van der Waals surface area contributed by atoms with Crippen LogP contribution in [-0.2, 0) is 11.2 Å². The SMILES string of the molecule is C=CCc1ccc(OC)c(OC)c1.CC(=O)O. The highest BCUT2D eigenvalue weighted by Gasteiger charge is 2.02. The third-order valence-corrected chi connectivity index (χ3v) is 1.83. The van der Waals surface area contributed by atoms with E-state index in [2.05, 4.69) is 6.58 Å². The molecule has 0 saturated heterocycles. The number of carboxylic acids is 1. The quantitative estimate of drug-likeness (QED) is 0.819. The highest BCUT2D eigenvalue weighted by atomic mass is 16.5. The number of hydrogen-bond acceptors (Lipinski definition) is 3. The molecule has 0 aliphatic heterocycles. The average Bonchev–Trinajstić information content (AvgIpc) is 2.28. The summed E-state index contributed by atoms with van der Waals surface area (Å²) < 4.78 is 10.3. The third-order valence-electron chi connectivity index (χ3n) is 1.83. The largest absolute Gasteiger partial charge is 0.493 e. The van der Waals surface area contributed by atoms with Gasteiger partial charge in [0, 0.05) is 6.92 Å². The molecule has 0 radical (unpaired) electrons. The molecule has 0 fully saturated rings. The highest BCUT2D eigenvalue weighted by Crippen LogP contribution is 2.27. The van der Waals surface area contributed by atoms with Crippen LogP contribution < -0.4 is 9.47 Å². The van der Waals surface area contributed by atoms with Gasteiger partial charge in [-0.2, -0.15) is 0 Å². The zero-order chi connectivity index (χ0) is 13.3. The number of allylic oxidation sites excluding steroid dienone is 1. The Balaban J connectivity index is 0.000000557. The molecule has 4 heteroatoms. The predicted molar refractivity (Wildman–Crippen MR) is 66.8 cm³/mol. The molecule has 0 aliphatic carbocycles. The van der Waals surface area contributed by atoms with Crippen LogP contribution in [-0.4, -0.2) is 25.3 Å². The fourth-order valence-corrected chi connectivity index (χ4v) is 1.17. The molecular formula is C13H18O4. The van der Waals surface area contributed by atoms with Gasteiger partial charge in [0.2, 0.25) is 0 Å². The van der Waals surface area contributed by atoms with Crippen LogP contribution in [0.1, 0.15) is 12.5 Å². The lowest BCUT2D eigenvalue weighted by atomic mass is 10.1. The summed E-state index contributed by atoms with van der Waals surface area (Å²) >= 11 is 0. The van der Waals surface area contributed by atoms with E-state index < -0.39 is 5.97 Å². The normalized spacial score (nSPS) is 8.65. The van der Waals surface area contributed by atoms with Crippen molar-refractivity contribution in [2.75, 3.05) is 14.2 Å². The fraction of sp³-hybridized carbons (Fsp3) is 0.308. The first-order valence-corrected chi connectivity index (χ1v) is 5.06. The van der Waals surface area contributed by atoms with Crippen molar-refractivity contribution in [3.63, 3.8) is 0 Å². The summed E-state index contributed by atoms with van der Waals surface area (Å²) in [6.07, 6.45) is 2.71. The number of aliphatic carboxylic acids is 1. The molecule has 0 atom stereocenters. The van der Waals surface area contributed by atoms with E-state index in [1.165, 1.54) is 5.56 Å². The molecule has 0 spiro atoms. The lowest BCUT2D eigenvalue weighted by Gasteiger charge is -2.08. The van der Waals surface area contributed by atoms with Gasteiger partial charge in [0.05, 0.1) is 14.2 Å². The first kappa shape index (κ1) is 15.0. The van der Waals surface area contributed by atoms with Crippen molar-refractivity contribution in [2.45, 2.75) is 13.3 Å². The minimum Gasteiger partial charge on any atom is -0.493 e. The van der Waals surface area contributed by atoms with Gasteiger partial charge in [-0.3, -0.25) is 4.79 Å². The van der Waals surface area contributed by atoms with Crippen molar-refractivity contribution in [2.24, 2.45) is 0 Å². The van der Waals surface area contributed by atoms with E-state index in [1.807, 2.05) is 24.3 Å². The first-order valence-electron chi connectivity index (χ1n) is 5.06. The number of methoxy groups -OCH3 is 2. The van der Waals surface area contributed by atoms with Gasteiger partial charge < -0.3 is 14.6 Å². The highest BCUT2D eigenvalue weighted by molar-refractivity contribution is 5.62. The molecule has 0 saturated carbocycles. The maximum Gasteiger partial charge on any atom is 0.300 e. The van der Waals surface area contributed by atoms with Gasteiger partial charge >= 0.3 is 0 Å². The van der Waals surface area contributed by atoms with Crippen molar-refractivity contribution in [3.8, 4) is 11.5 Å². The van der Waals surface area contributed by atoms with E-state index in [4.69, 9.17) is 19.4 Å². The minimum atomic E-state index is -0.833. The van der Waals surface area contributed by atoms with Crippen LogP contribution in [0.5, 0.6) is 11.5 Å². The molecule has 0 heterocycles. The summed E-state index contributed by atoms with van der Waals surface area (Å²) in [4.78, 5) is 9.00. The van der Waals surface area contributed by atoms with Crippen molar-refractivity contribution < 1.29 is 19.4 Å². The summed E-state index contributed by atoms with van der Waals surface area (Å²) in [5, 5.41) is 7.42. The fourth-order valence-electron chi connectivity index (χ4n) is 1.17. The summed E-state index contributed by atoms with van der Waals surface area (Å²) in [6.45, 7) is 4.77. The Labute approximate surface area is 101 Å². The van der Waals surface area contributed by atoms with E-state index in [0.29, 0.717) is 0 Å². The second-order valence-corrected chi connectivity index (χ2v) is 3.20. The van der Waals surface area contributed by atoms with Crippen LogP contribution in [0.15, 0.2) is 30.9 Å². The van der Waals surface area contributed by atoms with E-state index >= 15 is 0 Å². The molecule has 0 bridgehead atoms. The van der Waals surface area contributed by atoms with Crippen LogP contribution >= 0.6 is 0 Å². The van der Waals surface area contributed by atoms with Crippen LogP contribution in [0.4, 0.5) is 0 Å². The number of hydrogen-bond donors (Lipinski definition) is 1. The molecule has 4 nitrogen and oxygen atoms in total. The summed E-state index contributed by atoms with van der Waals surface area (Å²) in [6, 6.07) is 5.86. The van der Waals surface area contributed by atoms with Crippen molar-refractivity contribution >= 4 is 5.97 Å². The number of ether oxygens (including phenoxy) is 2. The second-order valence-electron chi connectivity index (χ2n) is 3.20. The van der Waals surface area contributed by atoms with Gasteiger partial charge in [-0.1, -0.05) is 12.1 Å². The molecule has 1 aromatic carbocycles. The molecule has 1 aromatic rings. The summed E-state index contributed by atoms with van der Waals surface area (Å²) in [7, 11) is 3.26. The Hall–Kier alpha value is -1.97. The lowest BCUT2D eigenvalue weighted by molar-refractivity contribution is -0.134. The Kier molecular flexibility index (Phi) is 7.26. The van der Waals surface area contributed by atoms with Crippen molar-refractivity contribution in [1.82, 2.24) is 0 Å². The summed E-state index contributed by atoms with van der Waals surface area (Å²) in [5.74, 6) is 0.692. The number of carbonyl (C=O) groups is 1. The molecule has 0 unspecified atom stereocenters. The molecule has 0 amide bonds. The van der Waals surface area contributed by atoms with E-state index in [0.717, 1.165) is 24.8 Å². The average molecular weight is 238 g/mol. The molecule has 0 aliphatic rings. The third kappa shape index (κ3) is 6.25. The minimum absolute atomic E-state index is 0.760. The smallest absolute Gasteiger partial charge is 0.300 e. The number of rotatable bonds is 4. The van der Waals surface area contributed by atoms with Gasteiger partial charge in [0.15, 0.2) is 11.5 Å². The van der Waals surface area contributed by atoms with Gasteiger partial charge in [-0.15, -0.1) is 6.58 Å². The Bertz CT molecular complexity index is 368. The molecule has 1 rings (SSSR count). The number of carboxylic acid groups (broad SMARTS) is 1. The van der Waals surface area contributed by atoms with E-state index in [-0.39, 0.29) is 0 Å². The maximum absolute atomic E-state index is 9.00.